The van der Waals surface area contributed by atoms with Gasteiger partial charge in [0.15, 0.2) is 6.61 Å². The van der Waals surface area contributed by atoms with E-state index in [1.807, 2.05) is 19.9 Å². The number of carbonyl (C=O) groups is 1. The van der Waals surface area contributed by atoms with Gasteiger partial charge in [0, 0.05) is 6.04 Å². The SMILES string of the molecule is CCC(CC)NC(=O)COc1cccc(Cl)c1C#N. The molecule has 4 nitrogen and oxygen atoms in total. The molecule has 1 amide bonds. The summed E-state index contributed by atoms with van der Waals surface area (Å²) >= 11 is 5.87. The van der Waals surface area contributed by atoms with Crippen LogP contribution < -0.4 is 10.1 Å². The first-order chi connectivity index (χ1) is 9.12. The summed E-state index contributed by atoms with van der Waals surface area (Å²) in [5, 5.41) is 12.1. The predicted octanol–water partition coefficient (Wildman–Crippen LogP) is 2.90. The second-order valence-corrected chi connectivity index (χ2v) is 4.50. The molecular weight excluding hydrogens is 264 g/mol. The van der Waals surface area contributed by atoms with Crippen LogP contribution in [-0.2, 0) is 4.79 Å². The van der Waals surface area contributed by atoms with Crippen molar-refractivity contribution in [1.29, 1.82) is 5.26 Å². The molecule has 0 aliphatic rings. The highest BCUT2D eigenvalue weighted by atomic mass is 35.5. The molecule has 1 rings (SSSR count). The van der Waals surface area contributed by atoms with Crippen molar-refractivity contribution in [2.24, 2.45) is 0 Å². The van der Waals surface area contributed by atoms with E-state index in [2.05, 4.69) is 5.32 Å². The molecule has 0 saturated carbocycles. The van der Waals surface area contributed by atoms with E-state index in [1.54, 1.807) is 18.2 Å². The summed E-state index contributed by atoms with van der Waals surface area (Å²) in [5.41, 5.74) is 0.250. The van der Waals surface area contributed by atoms with E-state index in [0.717, 1.165) is 12.8 Å². The Balaban J connectivity index is 2.60. The average molecular weight is 281 g/mol. The molecule has 19 heavy (non-hydrogen) atoms. The summed E-state index contributed by atoms with van der Waals surface area (Å²) in [6.07, 6.45) is 1.76. The van der Waals surface area contributed by atoms with Gasteiger partial charge in [-0.05, 0) is 25.0 Å². The van der Waals surface area contributed by atoms with Gasteiger partial charge in [-0.1, -0.05) is 31.5 Å². The lowest BCUT2D eigenvalue weighted by Gasteiger charge is -2.15. The Morgan fingerprint density at radius 2 is 2.16 bits per heavy atom. The molecule has 0 aromatic heterocycles. The van der Waals surface area contributed by atoms with Gasteiger partial charge in [-0.15, -0.1) is 0 Å². The topological polar surface area (TPSA) is 62.1 Å². The third kappa shape index (κ3) is 4.46. The molecule has 1 aromatic carbocycles. The maximum Gasteiger partial charge on any atom is 0.258 e. The van der Waals surface area contributed by atoms with E-state index in [1.165, 1.54) is 0 Å². The van der Waals surface area contributed by atoms with Crippen molar-refractivity contribution in [2.75, 3.05) is 6.61 Å². The fourth-order valence-corrected chi connectivity index (χ4v) is 1.85. The lowest BCUT2D eigenvalue weighted by atomic mass is 10.2. The predicted molar refractivity (Wildman–Crippen MR) is 74.2 cm³/mol. The minimum Gasteiger partial charge on any atom is -0.482 e. The largest absolute Gasteiger partial charge is 0.482 e. The molecular formula is C14H17ClN2O2. The van der Waals surface area contributed by atoms with Crippen LogP contribution in [0.5, 0.6) is 5.75 Å². The molecule has 0 bridgehead atoms. The van der Waals surface area contributed by atoms with Crippen LogP contribution in [-0.4, -0.2) is 18.6 Å². The van der Waals surface area contributed by atoms with Gasteiger partial charge in [-0.2, -0.15) is 5.26 Å². The van der Waals surface area contributed by atoms with Crippen molar-refractivity contribution in [2.45, 2.75) is 32.7 Å². The summed E-state index contributed by atoms with van der Waals surface area (Å²) in [6, 6.07) is 7.03. The smallest absolute Gasteiger partial charge is 0.258 e. The van der Waals surface area contributed by atoms with Crippen LogP contribution in [0.2, 0.25) is 5.02 Å². The first kappa shape index (κ1) is 15.3. The number of ether oxygens (including phenoxy) is 1. The number of nitrogens with zero attached hydrogens (tertiary/aromatic N) is 1. The van der Waals surface area contributed by atoms with E-state index < -0.39 is 0 Å². The second kappa shape index (κ2) is 7.65. The highest BCUT2D eigenvalue weighted by Gasteiger charge is 2.11. The van der Waals surface area contributed by atoms with Crippen molar-refractivity contribution < 1.29 is 9.53 Å². The van der Waals surface area contributed by atoms with Gasteiger partial charge < -0.3 is 10.1 Å². The van der Waals surface area contributed by atoms with Crippen molar-refractivity contribution in [3.8, 4) is 11.8 Å². The fraction of sp³-hybridized carbons (Fsp3) is 0.429. The van der Waals surface area contributed by atoms with Crippen LogP contribution in [0.3, 0.4) is 0 Å². The highest BCUT2D eigenvalue weighted by Crippen LogP contribution is 2.25. The molecule has 0 radical (unpaired) electrons. The lowest BCUT2D eigenvalue weighted by molar-refractivity contribution is -0.123. The lowest BCUT2D eigenvalue weighted by Crippen LogP contribution is -2.37. The molecule has 0 saturated heterocycles. The number of benzene rings is 1. The van der Waals surface area contributed by atoms with E-state index in [0.29, 0.717) is 10.8 Å². The number of nitriles is 1. The second-order valence-electron chi connectivity index (χ2n) is 4.09. The third-order valence-corrected chi connectivity index (χ3v) is 3.11. The Labute approximate surface area is 118 Å². The van der Waals surface area contributed by atoms with Gasteiger partial charge in [0.05, 0.1) is 5.02 Å². The Kier molecular flexibility index (Phi) is 6.17. The van der Waals surface area contributed by atoms with Crippen LogP contribution in [0.1, 0.15) is 32.3 Å². The van der Waals surface area contributed by atoms with Gasteiger partial charge in [-0.25, -0.2) is 0 Å². The van der Waals surface area contributed by atoms with Gasteiger partial charge in [0.25, 0.3) is 5.91 Å². The van der Waals surface area contributed by atoms with Crippen LogP contribution in [0.15, 0.2) is 18.2 Å². The molecule has 102 valence electrons. The van der Waals surface area contributed by atoms with Gasteiger partial charge >= 0.3 is 0 Å². The fourth-order valence-electron chi connectivity index (χ4n) is 1.64. The summed E-state index contributed by atoms with van der Waals surface area (Å²) in [6.45, 7) is 3.91. The van der Waals surface area contributed by atoms with E-state index in [-0.39, 0.29) is 24.1 Å². The van der Waals surface area contributed by atoms with Crippen molar-refractivity contribution >= 4 is 17.5 Å². The number of amides is 1. The summed E-state index contributed by atoms with van der Waals surface area (Å²) in [5.74, 6) is 0.132. The number of hydrogen-bond acceptors (Lipinski definition) is 3. The third-order valence-electron chi connectivity index (χ3n) is 2.80. The minimum absolute atomic E-state index is 0.120. The maximum absolute atomic E-state index is 11.7. The first-order valence-electron chi connectivity index (χ1n) is 6.23. The molecule has 0 spiro atoms. The molecule has 0 atom stereocenters. The van der Waals surface area contributed by atoms with Crippen LogP contribution >= 0.6 is 11.6 Å². The summed E-state index contributed by atoms with van der Waals surface area (Å²) in [7, 11) is 0. The molecule has 1 aromatic rings. The monoisotopic (exact) mass is 280 g/mol. The highest BCUT2D eigenvalue weighted by molar-refractivity contribution is 6.31. The number of carbonyl (C=O) groups excluding carboxylic acids is 1. The molecule has 0 aliphatic heterocycles. The van der Waals surface area contributed by atoms with Gasteiger partial charge in [0.2, 0.25) is 0 Å². The maximum atomic E-state index is 11.7. The Morgan fingerprint density at radius 3 is 2.74 bits per heavy atom. The number of rotatable bonds is 6. The normalized spacial score (nSPS) is 10.1. The van der Waals surface area contributed by atoms with E-state index in [4.69, 9.17) is 21.6 Å². The zero-order valence-corrected chi connectivity index (χ0v) is 11.8. The summed E-state index contributed by atoms with van der Waals surface area (Å²) < 4.78 is 5.34. The van der Waals surface area contributed by atoms with Crippen molar-refractivity contribution in [3.63, 3.8) is 0 Å². The zero-order valence-electron chi connectivity index (χ0n) is 11.1. The average Bonchev–Trinajstić information content (AvgIpc) is 2.42. The van der Waals surface area contributed by atoms with Crippen LogP contribution in [0.25, 0.3) is 0 Å². The minimum atomic E-state index is -0.197. The Morgan fingerprint density at radius 1 is 1.47 bits per heavy atom. The van der Waals surface area contributed by atoms with Gasteiger partial charge in [0.1, 0.15) is 17.4 Å². The number of halogens is 1. The van der Waals surface area contributed by atoms with E-state index >= 15 is 0 Å². The molecule has 1 N–H and O–H groups in total. The molecule has 0 aliphatic carbocycles. The number of hydrogen-bond donors (Lipinski definition) is 1. The molecule has 0 heterocycles. The van der Waals surface area contributed by atoms with Crippen molar-refractivity contribution in [1.82, 2.24) is 5.32 Å². The molecule has 5 heteroatoms. The van der Waals surface area contributed by atoms with E-state index in [9.17, 15) is 4.79 Å². The molecule has 0 unspecified atom stereocenters. The Hall–Kier alpha value is -1.73. The first-order valence-corrected chi connectivity index (χ1v) is 6.60. The summed E-state index contributed by atoms with van der Waals surface area (Å²) in [4.78, 5) is 11.7. The zero-order chi connectivity index (χ0) is 14.3. The van der Waals surface area contributed by atoms with Crippen LogP contribution in [0, 0.1) is 11.3 Å². The quantitative estimate of drug-likeness (QED) is 0.871. The standard InChI is InChI=1S/C14H17ClN2O2/c1-3-10(4-2)17-14(18)9-19-13-7-5-6-12(15)11(13)8-16/h5-7,10H,3-4,9H2,1-2H3,(H,17,18). The van der Waals surface area contributed by atoms with Gasteiger partial charge in [-0.3, -0.25) is 4.79 Å². The number of nitrogens with one attached hydrogen (secondary N) is 1. The van der Waals surface area contributed by atoms with Crippen LogP contribution in [0.4, 0.5) is 0 Å². The Bertz CT molecular complexity index is 479. The molecule has 0 fully saturated rings. The van der Waals surface area contributed by atoms with Crippen molar-refractivity contribution in [3.05, 3.63) is 28.8 Å².